The molecule has 0 aromatic carbocycles. The Morgan fingerprint density at radius 2 is 2.00 bits per heavy atom. The highest BCUT2D eigenvalue weighted by Gasteiger charge is 2.20. The monoisotopic (exact) mass is 331 g/mol. The Bertz CT molecular complexity index is 638. The maximum absolute atomic E-state index is 12.1. The first-order valence-electron chi connectivity index (χ1n) is 7.24. The van der Waals surface area contributed by atoms with E-state index in [1.165, 1.54) is 7.05 Å². The Balaban J connectivity index is 0.00000242. The molecule has 0 fully saturated rings. The van der Waals surface area contributed by atoms with Crippen molar-refractivity contribution in [3.8, 4) is 0 Å². The van der Waals surface area contributed by atoms with Gasteiger partial charge in [0.25, 0.3) is 5.56 Å². The normalized spacial score (nSPS) is 14.2. The predicted molar refractivity (Wildman–Crippen MR) is 84.6 cm³/mol. The minimum atomic E-state index is -0.755. The summed E-state index contributed by atoms with van der Waals surface area (Å²) in [5.74, 6) is -0.755. The molecule has 2 N–H and O–H groups in total. The molecule has 1 aromatic heterocycles. The fourth-order valence-electron chi connectivity index (χ4n) is 2.64. The Labute approximate surface area is 134 Å². The molecule has 0 saturated heterocycles. The number of aromatic nitrogens is 2. The minimum Gasteiger partial charge on any atom is -0.481 e. The lowest BCUT2D eigenvalue weighted by molar-refractivity contribution is -0.137. The summed E-state index contributed by atoms with van der Waals surface area (Å²) in [5.41, 5.74) is 0.851. The number of aromatic amines is 1. The van der Waals surface area contributed by atoms with Gasteiger partial charge in [0.2, 0.25) is 0 Å². The summed E-state index contributed by atoms with van der Waals surface area (Å²) in [5, 5.41) is 8.57. The van der Waals surface area contributed by atoms with Crippen LogP contribution in [0.1, 0.15) is 36.9 Å². The third-order valence-electron chi connectivity index (χ3n) is 3.91. The van der Waals surface area contributed by atoms with Crippen molar-refractivity contribution in [2.45, 2.75) is 38.6 Å². The smallest absolute Gasteiger partial charge is 0.328 e. The van der Waals surface area contributed by atoms with Crippen LogP contribution in [0.3, 0.4) is 0 Å². The molecule has 22 heavy (non-hydrogen) atoms. The summed E-state index contributed by atoms with van der Waals surface area (Å²) in [6.07, 6.45) is 3.38. The molecule has 8 heteroatoms. The van der Waals surface area contributed by atoms with Crippen LogP contribution in [-0.2, 0) is 24.8 Å². The van der Waals surface area contributed by atoms with Gasteiger partial charge in [-0.1, -0.05) is 6.42 Å². The molecule has 1 aromatic rings. The van der Waals surface area contributed by atoms with Crippen LogP contribution in [0.25, 0.3) is 0 Å². The van der Waals surface area contributed by atoms with Crippen molar-refractivity contribution in [3.63, 3.8) is 0 Å². The highest BCUT2D eigenvalue weighted by Crippen LogP contribution is 2.13. The molecule has 2 heterocycles. The molecule has 1 aliphatic rings. The van der Waals surface area contributed by atoms with Gasteiger partial charge in [-0.15, -0.1) is 12.4 Å². The first-order valence-corrected chi connectivity index (χ1v) is 7.24. The van der Waals surface area contributed by atoms with E-state index in [0.717, 1.165) is 36.2 Å². The van der Waals surface area contributed by atoms with Crippen LogP contribution in [0.2, 0.25) is 0 Å². The third kappa shape index (κ3) is 4.45. The first kappa shape index (κ1) is 18.4. The van der Waals surface area contributed by atoms with Crippen molar-refractivity contribution in [2.75, 3.05) is 13.1 Å². The average Bonchev–Trinajstić information content (AvgIpc) is 2.45. The quantitative estimate of drug-likeness (QED) is 0.740. The second-order valence-corrected chi connectivity index (χ2v) is 5.48. The molecule has 0 atom stereocenters. The van der Waals surface area contributed by atoms with E-state index in [1.807, 2.05) is 0 Å². The number of carbonyl (C=O) groups is 1. The zero-order valence-corrected chi connectivity index (χ0v) is 13.4. The molecule has 0 unspecified atom stereocenters. The van der Waals surface area contributed by atoms with Crippen LogP contribution in [0.15, 0.2) is 9.59 Å². The SMILES string of the molecule is Cl.Cn1c(=O)[nH]c2c(c1=O)CN(CCCCCC(=O)O)CC2. The fraction of sp³-hybridized carbons (Fsp3) is 0.643. The molecule has 124 valence electrons. The van der Waals surface area contributed by atoms with Crippen LogP contribution in [0, 0.1) is 0 Å². The van der Waals surface area contributed by atoms with Crippen molar-refractivity contribution in [3.05, 3.63) is 32.1 Å². The fourth-order valence-corrected chi connectivity index (χ4v) is 2.64. The standard InChI is InChI=1S/C14H21N3O4.ClH/c1-16-13(20)10-9-17(7-4-2-3-5-12(18)19)8-6-11(10)15-14(16)21;/h2-9H2,1H3,(H,15,21)(H,18,19);1H. The number of fused-ring (bicyclic) bond motifs is 1. The van der Waals surface area contributed by atoms with E-state index >= 15 is 0 Å². The van der Waals surface area contributed by atoms with E-state index in [9.17, 15) is 14.4 Å². The molecule has 0 spiro atoms. The van der Waals surface area contributed by atoms with Crippen molar-refractivity contribution >= 4 is 18.4 Å². The molecule has 0 bridgehead atoms. The van der Waals surface area contributed by atoms with E-state index < -0.39 is 5.97 Å². The van der Waals surface area contributed by atoms with Crippen LogP contribution in [0.4, 0.5) is 0 Å². The number of aliphatic carboxylic acids is 1. The van der Waals surface area contributed by atoms with Gasteiger partial charge in [0.1, 0.15) is 0 Å². The van der Waals surface area contributed by atoms with E-state index in [-0.39, 0.29) is 30.1 Å². The van der Waals surface area contributed by atoms with E-state index in [4.69, 9.17) is 5.11 Å². The summed E-state index contributed by atoms with van der Waals surface area (Å²) in [6, 6.07) is 0. The molecule has 1 aliphatic heterocycles. The Kier molecular flexibility index (Phi) is 6.83. The van der Waals surface area contributed by atoms with Crippen LogP contribution >= 0.6 is 12.4 Å². The largest absolute Gasteiger partial charge is 0.481 e. The van der Waals surface area contributed by atoms with E-state index in [1.54, 1.807) is 0 Å². The third-order valence-corrected chi connectivity index (χ3v) is 3.91. The molecule has 0 aliphatic carbocycles. The number of nitrogens with zero attached hydrogens (tertiary/aromatic N) is 2. The lowest BCUT2D eigenvalue weighted by Gasteiger charge is -2.27. The van der Waals surface area contributed by atoms with Crippen molar-refractivity contribution in [1.82, 2.24) is 14.5 Å². The zero-order valence-electron chi connectivity index (χ0n) is 12.6. The Morgan fingerprint density at radius 3 is 2.68 bits per heavy atom. The van der Waals surface area contributed by atoms with Crippen LogP contribution in [0.5, 0.6) is 0 Å². The zero-order chi connectivity index (χ0) is 15.4. The number of rotatable bonds is 6. The summed E-state index contributed by atoms with van der Waals surface area (Å²) in [4.78, 5) is 39.0. The highest BCUT2D eigenvalue weighted by atomic mass is 35.5. The molecule has 0 amide bonds. The van der Waals surface area contributed by atoms with Gasteiger partial charge in [-0.25, -0.2) is 4.79 Å². The molecular weight excluding hydrogens is 310 g/mol. The van der Waals surface area contributed by atoms with Crippen LogP contribution < -0.4 is 11.2 Å². The van der Waals surface area contributed by atoms with Crippen molar-refractivity contribution < 1.29 is 9.90 Å². The molecule has 2 rings (SSSR count). The van der Waals surface area contributed by atoms with Gasteiger partial charge in [-0.2, -0.15) is 0 Å². The summed E-state index contributed by atoms with van der Waals surface area (Å²) < 4.78 is 1.11. The predicted octanol–water partition coefficient (Wildman–Crippen LogP) is 0.498. The summed E-state index contributed by atoms with van der Waals surface area (Å²) in [7, 11) is 1.48. The number of H-pyrrole nitrogens is 1. The molecule has 0 saturated carbocycles. The minimum absolute atomic E-state index is 0. The Hall–Kier alpha value is -1.60. The van der Waals surface area contributed by atoms with Gasteiger partial charge in [0.05, 0.1) is 5.56 Å². The van der Waals surface area contributed by atoms with Crippen LogP contribution in [-0.4, -0.2) is 38.6 Å². The van der Waals surface area contributed by atoms with Gasteiger partial charge in [-0.3, -0.25) is 19.1 Å². The summed E-state index contributed by atoms with van der Waals surface area (Å²) >= 11 is 0. The number of carboxylic acid groups (broad SMARTS) is 1. The van der Waals surface area contributed by atoms with Gasteiger partial charge in [0, 0.05) is 38.7 Å². The van der Waals surface area contributed by atoms with Crippen molar-refractivity contribution in [2.24, 2.45) is 7.05 Å². The summed E-state index contributed by atoms with van der Waals surface area (Å²) in [6.45, 7) is 2.22. The molecular formula is C14H22ClN3O4. The number of halogens is 1. The number of hydrogen-bond acceptors (Lipinski definition) is 4. The van der Waals surface area contributed by atoms with Crippen molar-refractivity contribution in [1.29, 1.82) is 0 Å². The highest BCUT2D eigenvalue weighted by molar-refractivity contribution is 5.85. The van der Waals surface area contributed by atoms with Gasteiger partial charge < -0.3 is 10.1 Å². The lowest BCUT2D eigenvalue weighted by Crippen LogP contribution is -2.42. The Morgan fingerprint density at radius 1 is 1.27 bits per heavy atom. The van der Waals surface area contributed by atoms with Gasteiger partial charge in [0.15, 0.2) is 0 Å². The van der Waals surface area contributed by atoms with E-state index in [0.29, 0.717) is 24.9 Å². The molecule has 7 nitrogen and oxygen atoms in total. The second-order valence-electron chi connectivity index (χ2n) is 5.48. The maximum atomic E-state index is 12.1. The molecule has 0 radical (unpaired) electrons. The maximum Gasteiger partial charge on any atom is 0.328 e. The van der Waals surface area contributed by atoms with Gasteiger partial charge >= 0.3 is 11.7 Å². The first-order chi connectivity index (χ1) is 9.99. The number of unbranched alkanes of at least 4 members (excludes halogenated alkanes) is 2. The average molecular weight is 332 g/mol. The lowest BCUT2D eigenvalue weighted by atomic mass is 10.1. The number of hydrogen-bond donors (Lipinski definition) is 2. The van der Waals surface area contributed by atoms with Gasteiger partial charge in [-0.05, 0) is 19.4 Å². The number of carboxylic acids is 1. The number of nitrogens with one attached hydrogen (secondary N) is 1. The van der Waals surface area contributed by atoms with E-state index in [2.05, 4.69) is 9.88 Å². The topological polar surface area (TPSA) is 95.4 Å². The second kappa shape index (κ2) is 8.14.